The molecule has 0 heterocycles. The molecular formula is C9H16O7. The molecule has 7 heteroatoms. The third-order valence-corrected chi connectivity index (χ3v) is 1.68. The molecule has 0 saturated heterocycles. The van der Waals surface area contributed by atoms with Gasteiger partial charge in [-0.15, -0.1) is 0 Å². The molecule has 0 radical (unpaired) electrons. The van der Waals surface area contributed by atoms with Crippen LogP contribution >= 0.6 is 0 Å². The van der Waals surface area contributed by atoms with Crippen LogP contribution in [0.2, 0.25) is 0 Å². The summed E-state index contributed by atoms with van der Waals surface area (Å²) in [6.45, 7) is 0.484. The molecule has 16 heavy (non-hydrogen) atoms. The highest BCUT2D eigenvalue weighted by molar-refractivity contribution is 5.74. The first-order valence-corrected chi connectivity index (χ1v) is 4.70. The molecule has 0 fully saturated rings. The maximum atomic E-state index is 10.6. The van der Waals surface area contributed by atoms with Crippen LogP contribution in [0, 0.1) is 0 Å². The van der Waals surface area contributed by atoms with Gasteiger partial charge in [-0.05, 0) is 6.42 Å². The fourth-order valence-corrected chi connectivity index (χ4v) is 0.864. The first-order chi connectivity index (χ1) is 7.57. The lowest BCUT2D eigenvalue weighted by molar-refractivity contribution is -0.163. The van der Waals surface area contributed by atoms with E-state index < -0.39 is 18.0 Å². The Morgan fingerprint density at radius 2 is 1.94 bits per heavy atom. The van der Waals surface area contributed by atoms with Crippen LogP contribution in [0.5, 0.6) is 0 Å². The van der Waals surface area contributed by atoms with Gasteiger partial charge in [-0.25, -0.2) is 4.79 Å². The van der Waals surface area contributed by atoms with Crippen molar-refractivity contribution in [2.75, 3.05) is 27.1 Å². The number of hydrogen-bond donors (Lipinski definition) is 2. The van der Waals surface area contributed by atoms with Gasteiger partial charge in [0.15, 0.2) is 6.10 Å². The standard InChI is InChI=1S/C9H16O7/c1-14-4-5-15-6-16-7(9(12)13)2-3-8(10)11/h7H,2-6H2,1H3,(H,10,11)(H,12,13)/t7-/m1/s1. The van der Waals surface area contributed by atoms with Gasteiger partial charge in [-0.2, -0.15) is 0 Å². The monoisotopic (exact) mass is 236 g/mol. The van der Waals surface area contributed by atoms with Crippen LogP contribution in [0.3, 0.4) is 0 Å². The van der Waals surface area contributed by atoms with Crippen LogP contribution in [0.15, 0.2) is 0 Å². The van der Waals surface area contributed by atoms with Crippen LogP contribution in [-0.2, 0) is 23.8 Å². The number of carboxylic acid groups (broad SMARTS) is 2. The number of aliphatic carboxylic acids is 2. The number of carbonyl (C=O) groups is 2. The lowest BCUT2D eigenvalue weighted by atomic mass is 10.2. The van der Waals surface area contributed by atoms with Crippen molar-refractivity contribution < 1.29 is 34.0 Å². The molecule has 0 aliphatic carbocycles. The first kappa shape index (κ1) is 14.8. The van der Waals surface area contributed by atoms with E-state index in [9.17, 15) is 9.59 Å². The zero-order valence-electron chi connectivity index (χ0n) is 9.05. The smallest absolute Gasteiger partial charge is 0.332 e. The fourth-order valence-electron chi connectivity index (χ4n) is 0.864. The molecule has 0 aromatic carbocycles. The van der Waals surface area contributed by atoms with Gasteiger partial charge in [0.2, 0.25) is 0 Å². The van der Waals surface area contributed by atoms with Crippen molar-refractivity contribution in [3.63, 3.8) is 0 Å². The second-order valence-corrected chi connectivity index (χ2v) is 2.94. The summed E-state index contributed by atoms with van der Waals surface area (Å²) >= 11 is 0. The van der Waals surface area contributed by atoms with E-state index in [1.54, 1.807) is 0 Å². The maximum absolute atomic E-state index is 10.6. The van der Waals surface area contributed by atoms with Gasteiger partial charge in [0.1, 0.15) is 6.79 Å². The Labute approximate surface area is 92.9 Å². The van der Waals surface area contributed by atoms with Gasteiger partial charge in [-0.3, -0.25) is 4.79 Å². The molecule has 7 nitrogen and oxygen atoms in total. The Hall–Kier alpha value is -1.18. The summed E-state index contributed by atoms with van der Waals surface area (Å²) in [7, 11) is 1.51. The van der Waals surface area contributed by atoms with Crippen molar-refractivity contribution >= 4 is 11.9 Å². The van der Waals surface area contributed by atoms with Crippen molar-refractivity contribution in [3.05, 3.63) is 0 Å². The lowest BCUT2D eigenvalue weighted by Gasteiger charge is -2.12. The SMILES string of the molecule is COCCOCO[C@H](CCC(=O)O)C(=O)O. The van der Waals surface area contributed by atoms with Crippen molar-refractivity contribution in [3.8, 4) is 0 Å². The van der Waals surface area contributed by atoms with Crippen LogP contribution < -0.4 is 0 Å². The molecule has 0 aromatic rings. The van der Waals surface area contributed by atoms with E-state index >= 15 is 0 Å². The van der Waals surface area contributed by atoms with Gasteiger partial charge in [0, 0.05) is 13.5 Å². The Bertz CT molecular complexity index is 216. The minimum atomic E-state index is -1.20. The molecule has 1 atom stereocenters. The van der Waals surface area contributed by atoms with Crippen LogP contribution in [0.1, 0.15) is 12.8 Å². The second kappa shape index (κ2) is 9.08. The van der Waals surface area contributed by atoms with E-state index in [-0.39, 0.29) is 19.6 Å². The highest BCUT2D eigenvalue weighted by Gasteiger charge is 2.19. The van der Waals surface area contributed by atoms with E-state index in [1.807, 2.05) is 0 Å². The highest BCUT2D eigenvalue weighted by atomic mass is 16.7. The molecular weight excluding hydrogens is 220 g/mol. The highest BCUT2D eigenvalue weighted by Crippen LogP contribution is 2.03. The summed E-state index contributed by atoms with van der Waals surface area (Å²) in [5.41, 5.74) is 0. The molecule has 2 N–H and O–H groups in total. The van der Waals surface area contributed by atoms with E-state index in [2.05, 4.69) is 0 Å². The van der Waals surface area contributed by atoms with E-state index in [0.717, 1.165) is 0 Å². The quantitative estimate of drug-likeness (QED) is 0.404. The fraction of sp³-hybridized carbons (Fsp3) is 0.778. The van der Waals surface area contributed by atoms with Gasteiger partial charge in [0.05, 0.1) is 13.2 Å². The molecule has 94 valence electrons. The molecule has 0 amide bonds. The third kappa shape index (κ3) is 8.16. The average molecular weight is 236 g/mol. The lowest BCUT2D eigenvalue weighted by Crippen LogP contribution is -2.26. The normalized spacial score (nSPS) is 12.3. The molecule has 0 aromatic heterocycles. The molecule has 0 unspecified atom stereocenters. The molecule has 0 bridgehead atoms. The minimum absolute atomic E-state index is 0.0850. The molecule has 0 saturated carbocycles. The first-order valence-electron chi connectivity index (χ1n) is 4.70. The van der Waals surface area contributed by atoms with E-state index in [0.29, 0.717) is 13.2 Å². The van der Waals surface area contributed by atoms with Crippen molar-refractivity contribution in [2.24, 2.45) is 0 Å². The third-order valence-electron chi connectivity index (χ3n) is 1.68. The summed E-state index contributed by atoms with van der Waals surface area (Å²) in [6.07, 6.45) is -1.49. The minimum Gasteiger partial charge on any atom is -0.481 e. The van der Waals surface area contributed by atoms with Crippen molar-refractivity contribution in [1.29, 1.82) is 0 Å². The van der Waals surface area contributed by atoms with Crippen LogP contribution in [0.25, 0.3) is 0 Å². The predicted octanol–water partition coefficient (Wildman–Crippen LogP) is -0.0585. The van der Waals surface area contributed by atoms with Crippen molar-refractivity contribution in [2.45, 2.75) is 18.9 Å². The summed E-state index contributed by atoms with van der Waals surface area (Å²) in [5, 5.41) is 17.1. The zero-order chi connectivity index (χ0) is 12.4. The number of methoxy groups -OCH3 is 1. The van der Waals surface area contributed by atoms with Gasteiger partial charge < -0.3 is 24.4 Å². The summed E-state index contributed by atoms with van der Waals surface area (Å²) in [5.74, 6) is -2.26. The van der Waals surface area contributed by atoms with Crippen LogP contribution in [0.4, 0.5) is 0 Å². The zero-order valence-corrected chi connectivity index (χ0v) is 9.05. The Morgan fingerprint density at radius 3 is 2.44 bits per heavy atom. The maximum Gasteiger partial charge on any atom is 0.332 e. The molecule has 0 aliphatic rings. The summed E-state index contributed by atoms with van der Waals surface area (Å²) in [4.78, 5) is 20.9. The van der Waals surface area contributed by atoms with Crippen molar-refractivity contribution in [1.82, 2.24) is 0 Å². The van der Waals surface area contributed by atoms with Gasteiger partial charge in [0.25, 0.3) is 0 Å². The number of rotatable bonds is 10. The Kier molecular flexibility index (Phi) is 8.41. The van der Waals surface area contributed by atoms with Crippen LogP contribution in [-0.4, -0.2) is 55.4 Å². The van der Waals surface area contributed by atoms with Gasteiger partial charge in [-0.1, -0.05) is 0 Å². The number of hydrogen-bond acceptors (Lipinski definition) is 5. The number of ether oxygens (including phenoxy) is 3. The van der Waals surface area contributed by atoms with Gasteiger partial charge >= 0.3 is 11.9 Å². The van der Waals surface area contributed by atoms with E-state index in [1.165, 1.54) is 7.11 Å². The molecule has 0 rings (SSSR count). The Balaban J connectivity index is 3.68. The summed E-state index contributed by atoms with van der Waals surface area (Å²) < 4.78 is 14.5. The number of carboxylic acids is 2. The Morgan fingerprint density at radius 1 is 1.25 bits per heavy atom. The largest absolute Gasteiger partial charge is 0.481 e. The average Bonchev–Trinajstić information content (AvgIpc) is 2.21. The second-order valence-electron chi connectivity index (χ2n) is 2.94. The topological polar surface area (TPSA) is 102 Å². The predicted molar refractivity (Wildman–Crippen MR) is 52.1 cm³/mol. The molecule has 0 spiro atoms. The summed E-state index contributed by atoms with van der Waals surface area (Å²) in [6, 6.07) is 0. The van der Waals surface area contributed by atoms with E-state index in [4.69, 9.17) is 24.4 Å². The molecule has 0 aliphatic heterocycles.